The molecule has 1 aromatic rings. The molecular formula is C16H29N3O. The van der Waals surface area contributed by atoms with Crippen LogP contribution in [-0.2, 0) is 18.3 Å². The van der Waals surface area contributed by atoms with Crippen LogP contribution >= 0.6 is 0 Å². The van der Waals surface area contributed by atoms with E-state index in [2.05, 4.69) is 30.5 Å². The number of aromatic nitrogens is 2. The zero-order valence-electron chi connectivity index (χ0n) is 13.2. The molecule has 1 aromatic heterocycles. The third-order valence-electron chi connectivity index (χ3n) is 3.98. The Hall–Kier alpha value is -0.870. The molecule has 0 aromatic carbocycles. The summed E-state index contributed by atoms with van der Waals surface area (Å²) in [6.07, 6.45) is 9.19. The third-order valence-corrected chi connectivity index (χ3v) is 3.98. The Kier molecular flexibility index (Phi) is 6.05. The summed E-state index contributed by atoms with van der Waals surface area (Å²) in [6, 6.07) is 0. The van der Waals surface area contributed by atoms with Crippen LogP contribution in [0.2, 0.25) is 0 Å². The molecule has 0 radical (unpaired) electrons. The molecular weight excluding hydrogens is 250 g/mol. The summed E-state index contributed by atoms with van der Waals surface area (Å²) >= 11 is 0. The average Bonchev–Trinajstić information content (AvgIpc) is 2.81. The van der Waals surface area contributed by atoms with Gasteiger partial charge in [0.15, 0.2) is 0 Å². The number of ether oxygens (including phenoxy) is 1. The molecule has 0 unspecified atom stereocenters. The van der Waals surface area contributed by atoms with Gasteiger partial charge in [0.05, 0.1) is 18.4 Å². The Morgan fingerprint density at radius 3 is 2.80 bits per heavy atom. The Labute approximate surface area is 122 Å². The van der Waals surface area contributed by atoms with Gasteiger partial charge in [-0.3, -0.25) is 4.68 Å². The Balaban J connectivity index is 1.65. The van der Waals surface area contributed by atoms with E-state index in [-0.39, 0.29) is 0 Å². The third kappa shape index (κ3) is 4.60. The van der Waals surface area contributed by atoms with Gasteiger partial charge in [0, 0.05) is 31.9 Å². The smallest absolute Gasteiger partial charge is 0.0694 e. The number of nitrogens with one attached hydrogen (secondary N) is 1. The lowest BCUT2D eigenvalue weighted by Gasteiger charge is -2.22. The molecule has 1 aliphatic rings. The summed E-state index contributed by atoms with van der Waals surface area (Å²) in [6.45, 7) is 7.01. The maximum atomic E-state index is 5.92. The first-order valence-electron chi connectivity index (χ1n) is 8.01. The molecule has 0 aliphatic heterocycles. The van der Waals surface area contributed by atoms with E-state index in [0.717, 1.165) is 19.7 Å². The van der Waals surface area contributed by atoms with Crippen LogP contribution in [0.4, 0.5) is 0 Å². The van der Waals surface area contributed by atoms with Gasteiger partial charge >= 0.3 is 0 Å². The van der Waals surface area contributed by atoms with Gasteiger partial charge < -0.3 is 10.1 Å². The normalized spacial score (nSPS) is 17.0. The Bertz CT molecular complexity index is 394. The van der Waals surface area contributed by atoms with Crippen LogP contribution < -0.4 is 5.32 Å². The van der Waals surface area contributed by atoms with Crippen molar-refractivity contribution in [3.63, 3.8) is 0 Å². The molecule has 2 rings (SSSR count). The van der Waals surface area contributed by atoms with Crippen molar-refractivity contribution >= 4 is 0 Å². The average molecular weight is 279 g/mol. The molecule has 1 saturated carbocycles. The monoisotopic (exact) mass is 279 g/mol. The maximum absolute atomic E-state index is 5.92. The number of aryl methyl sites for hydroxylation is 1. The fourth-order valence-corrected chi connectivity index (χ4v) is 2.93. The van der Waals surface area contributed by atoms with Crippen LogP contribution in [0.3, 0.4) is 0 Å². The lowest BCUT2D eigenvalue weighted by molar-refractivity contribution is 0.0302. The van der Waals surface area contributed by atoms with E-state index < -0.39 is 0 Å². The number of rotatable bonds is 7. The second-order valence-corrected chi connectivity index (χ2v) is 6.18. The number of hydrogen-bond donors (Lipinski definition) is 1. The fraction of sp³-hybridized carbons (Fsp3) is 0.812. The van der Waals surface area contributed by atoms with Crippen molar-refractivity contribution < 1.29 is 4.74 Å². The Morgan fingerprint density at radius 1 is 1.35 bits per heavy atom. The van der Waals surface area contributed by atoms with Crippen LogP contribution in [-0.4, -0.2) is 29.0 Å². The van der Waals surface area contributed by atoms with E-state index in [4.69, 9.17) is 4.74 Å². The van der Waals surface area contributed by atoms with Crippen molar-refractivity contribution in [1.82, 2.24) is 15.1 Å². The van der Waals surface area contributed by atoms with E-state index in [1.165, 1.54) is 43.4 Å². The molecule has 1 N–H and O–H groups in total. The van der Waals surface area contributed by atoms with E-state index in [1.807, 2.05) is 11.7 Å². The minimum atomic E-state index is 0.478. The van der Waals surface area contributed by atoms with Crippen LogP contribution in [0.5, 0.6) is 0 Å². The van der Waals surface area contributed by atoms with Crippen molar-refractivity contribution in [2.24, 2.45) is 7.05 Å². The molecule has 0 bridgehead atoms. The quantitative estimate of drug-likeness (QED) is 0.780. The van der Waals surface area contributed by atoms with Crippen molar-refractivity contribution in [3.8, 4) is 0 Å². The van der Waals surface area contributed by atoms with Crippen molar-refractivity contribution in [3.05, 3.63) is 17.5 Å². The van der Waals surface area contributed by atoms with E-state index in [0.29, 0.717) is 12.0 Å². The van der Waals surface area contributed by atoms with Crippen LogP contribution in [0.15, 0.2) is 6.20 Å². The van der Waals surface area contributed by atoms with Crippen LogP contribution in [0.1, 0.15) is 63.1 Å². The number of nitrogens with zero attached hydrogens (tertiary/aromatic N) is 2. The molecule has 0 amide bonds. The lowest BCUT2D eigenvalue weighted by atomic mass is 9.98. The highest BCUT2D eigenvalue weighted by Crippen LogP contribution is 2.20. The van der Waals surface area contributed by atoms with Crippen LogP contribution in [0.25, 0.3) is 0 Å². The summed E-state index contributed by atoms with van der Waals surface area (Å²) < 4.78 is 7.83. The first kappa shape index (κ1) is 15.5. The van der Waals surface area contributed by atoms with Crippen molar-refractivity contribution in [1.29, 1.82) is 0 Å². The lowest BCUT2D eigenvalue weighted by Crippen LogP contribution is -2.24. The zero-order valence-corrected chi connectivity index (χ0v) is 13.2. The molecule has 0 saturated heterocycles. The van der Waals surface area contributed by atoms with E-state index in [1.54, 1.807) is 0 Å². The van der Waals surface area contributed by atoms with Gasteiger partial charge in [-0.2, -0.15) is 5.10 Å². The standard InChI is InChI=1S/C16H29N3O/c1-13(2)16-14(12-19(3)18-16)11-17-9-10-20-15-7-5-4-6-8-15/h12-13,15,17H,4-11H2,1-3H3. The largest absolute Gasteiger partial charge is 0.377 e. The van der Waals surface area contributed by atoms with Gasteiger partial charge in [0.2, 0.25) is 0 Å². The minimum absolute atomic E-state index is 0.478. The van der Waals surface area contributed by atoms with Gasteiger partial charge in [0.25, 0.3) is 0 Å². The highest BCUT2D eigenvalue weighted by Gasteiger charge is 2.13. The fourth-order valence-electron chi connectivity index (χ4n) is 2.93. The molecule has 1 fully saturated rings. The minimum Gasteiger partial charge on any atom is -0.377 e. The second-order valence-electron chi connectivity index (χ2n) is 6.18. The topological polar surface area (TPSA) is 39.1 Å². The SMILES string of the molecule is CC(C)c1nn(C)cc1CNCCOC1CCCCC1. The molecule has 114 valence electrons. The molecule has 4 heteroatoms. The summed E-state index contributed by atoms with van der Waals surface area (Å²) in [5, 5.41) is 8.00. The van der Waals surface area contributed by atoms with E-state index >= 15 is 0 Å². The first-order valence-corrected chi connectivity index (χ1v) is 8.01. The van der Waals surface area contributed by atoms with Gasteiger partial charge in [-0.25, -0.2) is 0 Å². The summed E-state index contributed by atoms with van der Waals surface area (Å²) in [7, 11) is 1.99. The predicted molar refractivity (Wildman–Crippen MR) is 81.8 cm³/mol. The first-order chi connectivity index (χ1) is 9.66. The summed E-state index contributed by atoms with van der Waals surface area (Å²) in [4.78, 5) is 0. The molecule has 4 nitrogen and oxygen atoms in total. The van der Waals surface area contributed by atoms with E-state index in [9.17, 15) is 0 Å². The summed E-state index contributed by atoms with van der Waals surface area (Å²) in [5.74, 6) is 0.478. The molecule has 1 heterocycles. The highest BCUT2D eigenvalue weighted by atomic mass is 16.5. The van der Waals surface area contributed by atoms with Crippen LogP contribution in [0, 0.1) is 0 Å². The molecule has 0 atom stereocenters. The summed E-state index contributed by atoms with van der Waals surface area (Å²) in [5.41, 5.74) is 2.51. The predicted octanol–water partition coefficient (Wildman–Crippen LogP) is 2.98. The second kappa shape index (κ2) is 7.79. The highest BCUT2D eigenvalue weighted by molar-refractivity contribution is 5.19. The molecule has 20 heavy (non-hydrogen) atoms. The van der Waals surface area contributed by atoms with Gasteiger partial charge in [-0.1, -0.05) is 33.1 Å². The van der Waals surface area contributed by atoms with Gasteiger partial charge in [0.1, 0.15) is 0 Å². The number of hydrogen-bond acceptors (Lipinski definition) is 3. The van der Waals surface area contributed by atoms with Crippen molar-refractivity contribution in [2.45, 2.75) is 64.5 Å². The van der Waals surface area contributed by atoms with Gasteiger partial charge in [-0.15, -0.1) is 0 Å². The molecule has 1 aliphatic carbocycles. The zero-order chi connectivity index (χ0) is 14.4. The van der Waals surface area contributed by atoms with Gasteiger partial charge in [-0.05, 0) is 18.8 Å². The van der Waals surface area contributed by atoms with Crippen molar-refractivity contribution in [2.75, 3.05) is 13.2 Å². The maximum Gasteiger partial charge on any atom is 0.0694 e. The Morgan fingerprint density at radius 2 is 2.10 bits per heavy atom. The molecule has 0 spiro atoms.